The predicted molar refractivity (Wildman–Crippen MR) is 161 cm³/mol. The van der Waals surface area contributed by atoms with Gasteiger partial charge in [-0.05, 0) is 49.7 Å². The number of fused-ring (bicyclic) bond motifs is 1. The number of amides is 1. The molecule has 1 fully saturated rings. The number of rotatable bonds is 8. The number of anilines is 2. The first-order chi connectivity index (χ1) is 18.3. The number of benzene rings is 3. The summed E-state index contributed by atoms with van der Waals surface area (Å²) in [4.78, 5) is 22.6. The number of nitrogens with one attached hydrogen (secondary N) is 2. The monoisotopic (exact) mass is 585 g/mol. The van der Waals surface area contributed by atoms with Crippen LogP contribution in [0.4, 0.5) is 10.8 Å². The van der Waals surface area contributed by atoms with Crippen LogP contribution < -0.4 is 14.9 Å². The standard InChI is InChI=1S/C28H31N5O3S2.ClH/c1-20-10-12-22(13-11-20)38(35,36)31-24-8-4-3-7-23(24)27(34)29-14-15-32-16-18-33(19-17-32)28-30-26-21(2)6-5-9-25(26)37-28;/h3-13,31H,14-19H2,1-2H3,(H,29,34);1H. The Morgan fingerprint density at radius 3 is 2.38 bits per heavy atom. The Morgan fingerprint density at radius 2 is 1.67 bits per heavy atom. The molecule has 0 spiro atoms. The van der Waals surface area contributed by atoms with Crippen molar-refractivity contribution in [1.29, 1.82) is 0 Å². The summed E-state index contributed by atoms with van der Waals surface area (Å²) >= 11 is 1.73. The van der Waals surface area contributed by atoms with Crippen molar-refractivity contribution in [3.05, 3.63) is 83.4 Å². The molecule has 4 aromatic rings. The fraction of sp³-hybridized carbons (Fsp3) is 0.286. The van der Waals surface area contributed by atoms with Gasteiger partial charge in [-0.15, -0.1) is 12.4 Å². The molecule has 1 aliphatic rings. The van der Waals surface area contributed by atoms with Crippen LogP contribution in [-0.4, -0.2) is 63.5 Å². The van der Waals surface area contributed by atoms with Crippen LogP contribution in [0.5, 0.6) is 0 Å². The lowest BCUT2D eigenvalue weighted by atomic mass is 10.1. The molecule has 1 aliphatic heterocycles. The molecule has 1 amide bonds. The fourth-order valence-electron chi connectivity index (χ4n) is 4.49. The molecule has 0 atom stereocenters. The molecule has 2 heterocycles. The van der Waals surface area contributed by atoms with Crippen LogP contribution in [0, 0.1) is 13.8 Å². The molecular weight excluding hydrogens is 554 g/mol. The van der Waals surface area contributed by atoms with E-state index in [4.69, 9.17) is 4.98 Å². The van der Waals surface area contributed by atoms with Crippen molar-refractivity contribution in [2.75, 3.05) is 48.9 Å². The summed E-state index contributed by atoms with van der Waals surface area (Å²) in [6.45, 7) is 8.72. The van der Waals surface area contributed by atoms with Gasteiger partial charge in [-0.25, -0.2) is 13.4 Å². The number of aryl methyl sites for hydroxylation is 2. The van der Waals surface area contributed by atoms with Crippen molar-refractivity contribution in [3.63, 3.8) is 0 Å². The molecule has 0 radical (unpaired) electrons. The number of sulfonamides is 1. The summed E-state index contributed by atoms with van der Waals surface area (Å²) in [5.41, 5.74) is 3.80. The lowest BCUT2D eigenvalue weighted by Crippen LogP contribution is -2.48. The first-order valence-electron chi connectivity index (χ1n) is 12.6. The minimum absolute atomic E-state index is 0. The number of carbonyl (C=O) groups excluding carboxylic acids is 1. The van der Waals surface area contributed by atoms with Gasteiger partial charge in [0.1, 0.15) is 0 Å². The van der Waals surface area contributed by atoms with E-state index in [1.54, 1.807) is 59.9 Å². The number of piperazine rings is 1. The lowest BCUT2D eigenvalue weighted by Gasteiger charge is -2.34. The molecule has 2 N–H and O–H groups in total. The molecule has 3 aromatic carbocycles. The van der Waals surface area contributed by atoms with Crippen molar-refractivity contribution in [1.82, 2.24) is 15.2 Å². The zero-order valence-electron chi connectivity index (χ0n) is 21.9. The van der Waals surface area contributed by atoms with Crippen LogP contribution in [0.25, 0.3) is 10.2 Å². The Bertz CT molecular complexity index is 1550. The summed E-state index contributed by atoms with van der Waals surface area (Å²) in [5, 5.41) is 4.01. The van der Waals surface area contributed by atoms with Gasteiger partial charge in [0.2, 0.25) is 0 Å². The Hall–Kier alpha value is -3.18. The number of hydrogen-bond acceptors (Lipinski definition) is 7. The predicted octanol–water partition coefficient (Wildman–Crippen LogP) is 4.69. The van der Waals surface area contributed by atoms with E-state index in [0.29, 0.717) is 12.1 Å². The number of para-hydroxylation sites is 2. The van der Waals surface area contributed by atoms with Gasteiger partial charge in [0, 0.05) is 39.3 Å². The smallest absolute Gasteiger partial charge is 0.261 e. The van der Waals surface area contributed by atoms with Gasteiger partial charge in [-0.2, -0.15) is 0 Å². The Morgan fingerprint density at radius 1 is 0.949 bits per heavy atom. The van der Waals surface area contributed by atoms with Crippen LogP contribution in [0.3, 0.4) is 0 Å². The van der Waals surface area contributed by atoms with E-state index in [9.17, 15) is 13.2 Å². The molecule has 8 nitrogen and oxygen atoms in total. The second-order valence-electron chi connectivity index (χ2n) is 9.47. The maximum atomic E-state index is 12.9. The Labute approximate surface area is 239 Å². The molecule has 39 heavy (non-hydrogen) atoms. The Kier molecular flexibility index (Phi) is 9.12. The van der Waals surface area contributed by atoms with Crippen molar-refractivity contribution < 1.29 is 13.2 Å². The molecule has 0 unspecified atom stereocenters. The average Bonchev–Trinajstić information content (AvgIpc) is 3.35. The topological polar surface area (TPSA) is 94.6 Å². The quantitative estimate of drug-likeness (QED) is 0.312. The molecule has 0 bridgehead atoms. The Balaban J connectivity index is 0.00000353. The van der Waals surface area contributed by atoms with E-state index in [1.165, 1.54) is 10.3 Å². The van der Waals surface area contributed by atoms with E-state index in [1.807, 2.05) is 6.92 Å². The normalized spacial score (nSPS) is 14.2. The van der Waals surface area contributed by atoms with E-state index in [2.05, 4.69) is 45.0 Å². The van der Waals surface area contributed by atoms with Crippen LogP contribution in [0.1, 0.15) is 21.5 Å². The second-order valence-corrected chi connectivity index (χ2v) is 12.2. The summed E-state index contributed by atoms with van der Waals surface area (Å²) in [6, 6.07) is 19.5. The van der Waals surface area contributed by atoms with E-state index >= 15 is 0 Å². The van der Waals surface area contributed by atoms with Gasteiger partial charge in [0.15, 0.2) is 5.13 Å². The molecule has 0 saturated carbocycles. The van der Waals surface area contributed by atoms with Crippen molar-refractivity contribution in [2.24, 2.45) is 0 Å². The molecule has 5 rings (SSSR count). The van der Waals surface area contributed by atoms with Gasteiger partial charge in [0.25, 0.3) is 15.9 Å². The molecule has 0 aliphatic carbocycles. The lowest BCUT2D eigenvalue weighted by molar-refractivity contribution is 0.0948. The van der Waals surface area contributed by atoms with Crippen LogP contribution in [0.15, 0.2) is 71.6 Å². The molecule has 1 aromatic heterocycles. The van der Waals surface area contributed by atoms with Gasteiger partial charge in [-0.1, -0.05) is 53.3 Å². The van der Waals surface area contributed by atoms with Gasteiger partial charge in [0.05, 0.1) is 26.4 Å². The van der Waals surface area contributed by atoms with Gasteiger partial charge in [-0.3, -0.25) is 14.4 Å². The van der Waals surface area contributed by atoms with E-state index < -0.39 is 10.0 Å². The molecule has 11 heteroatoms. The van der Waals surface area contributed by atoms with Gasteiger partial charge >= 0.3 is 0 Å². The maximum absolute atomic E-state index is 12.9. The highest BCUT2D eigenvalue weighted by molar-refractivity contribution is 7.92. The second kappa shape index (κ2) is 12.3. The van der Waals surface area contributed by atoms with Crippen LogP contribution in [-0.2, 0) is 10.0 Å². The third kappa shape index (κ3) is 6.70. The largest absolute Gasteiger partial charge is 0.351 e. The average molecular weight is 586 g/mol. The first kappa shape index (κ1) is 28.8. The highest BCUT2D eigenvalue weighted by Crippen LogP contribution is 2.31. The van der Waals surface area contributed by atoms with Crippen LogP contribution in [0.2, 0.25) is 0 Å². The van der Waals surface area contributed by atoms with E-state index in [0.717, 1.165) is 48.9 Å². The van der Waals surface area contributed by atoms with Crippen LogP contribution >= 0.6 is 23.7 Å². The third-order valence-corrected chi connectivity index (χ3v) is 9.18. The van der Waals surface area contributed by atoms with Crippen molar-refractivity contribution in [3.8, 4) is 0 Å². The minimum Gasteiger partial charge on any atom is -0.351 e. The SMILES string of the molecule is Cc1ccc(S(=O)(=O)Nc2ccccc2C(=O)NCCN2CCN(c3nc4c(C)cccc4s3)CC2)cc1.Cl. The molecular formula is C28H32ClN5O3S2. The maximum Gasteiger partial charge on any atom is 0.261 e. The number of thiazole rings is 1. The van der Waals surface area contributed by atoms with Gasteiger partial charge < -0.3 is 10.2 Å². The molecule has 206 valence electrons. The minimum atomic E-state index is -3.81. The summed E-state index contributed by atoms with van der Waals surface area (Å²) in [5.74, 6) is -0.310. The number of halogens is 1. The zero-order chi connectivity index (χ0) is 26.7. The van der Waals surface area contributed by atoms with Crippen molar-refractivity contribution in [2.45, 2.75) is 18.7 Å². The number of aromatic nitrogens is 1. The summed E-state index contributed by atoms with van der Waals surface area (Å²) in [6.07, 6.45) is 0. The first-order valence-corrected chi connectivity index (χ1v) is 14.9. The third-order valence-electron chi connectivity index (χ3n) is 6.71. The zero-order valence-corrected chi connectivity index (χ0v) is 24.3. The molecule has 1 saturated heterocycles. The number of carbonyl (C=O) groups is 1. The summed E-state index contributed by atoms with van der Waals surface area (Å²) in [7, 11) is -3.81. The van der Waals surface area contributed by atoms with E-state index in [-0.39, 0.29) is 28.9 Å². The summed E-state index contributed by atoms with van der Waals surface area (Å²) < 4.78 is 29.5. The number of hydrogen-bond donors (Lipinski definition) is 2. The number of nitrogens with zero attached hydrogens (tertiary/aromatic N) is 3. The van der Waals surface area contributed by atoms with Crippen molar-refractivity contribution >= 4 is 60.7 Å². The highest BCUT2D eigenvalue weighted by atomic mass is 35.5. The highest BCUT2D eigenvalue weighted by Gasteiger charge is 2.21. The fourth-order valence-corrected chi connectivity index (χ4v) is 6.66.